The fraction of sp³-hybridized carbons (Fsp3) is 0.555. The number of amides is 9. The summed E-state index contributed by atoms with van der Waals surface area (Å²) in [5.41, 5.74) is 36.2. The van der Waals surface area contributed by atoms with Gasteiger partial charge in [-0.3, -0.25) is 53.5 Å². The number of hydrogen-bond donors (Lipinski definition) is 9. The zero-order valence-corrected chi connectivity index (χ0v) is 90.2. The molecule has 1 saturated heterocycles. The van der Waals surface area contributed by atoms with Gasteiger partial charge in [0, 0.05) is 89.1 Å². The zero-order valence-electron chi connectivity index (χ0n) is 89.4. The molecule has 7 aromatic rings. The summed E-state index contributed by atoms with van der Waals surface area (Å²) in [5, 5.41) is 13.6. The van der Waals surface area contributed by atoms with Gasteiger partial charge in [0.25, 0.3) is 29.5 Å². The molecule has 800 valence electrons. The van der Waals surface area contributed by atoms with Crippen molar-refractivity contribution in [3.05, 3.63) is 209 Å². The van der Waals surface area contributed by atoms with Crippen molar-refractivity contribution in [1.82, 2.24) is 50.3 Å². The summed E-state index contributed by atoms with van der Waals surface area (Å²) in [5.74, 6) is 6.04. The van der Waals surface area contributed by atoms with Crippen molar-refractivity contribution in [3.63, 3.8) is 0 Å². The maximum atomic E-state index is 14.1. The number of likely N-dealkylation sites (N-methyl/N-ethyl adjacent to an activating group) is 4. The standard InChI is InChI=1S/C33H51N5O2.C26H39N5O2.C25H39N5O.C18H19N3O2.C17H16ClN3O/c1-2-3-14-29-24-37(32(40)35-29)22-27-15-17-28(18-16-27)23-38-30(39)33(36-31(38)34,21-26-12-8-5-9-13-26)20-19-25-10-6-4-7-11-25;1-31-23(32)26(30-24(31)27,16-15-19-9-4-2-5-10-19)18-20-11-8-14-22(17-20)29-25(33)28-21-12-6-3-7-13-21;1-30-23(31)25(29-24(30)26,13-10-19-6-3-2-4-7-19)17-21-8-5-9-22(16-21)28-18-20-11-14-27-15-12-20;1-18(16(22)21(2)17(19)20-18)14-8-4-6-12(10-14)13-7-5-9-15(11-13)23-3;1-17(15(22)21(2)16(19)20-17)13-7-3-5-11(9-13)12-6-4-8-14(18)10-12/h15-18,25-26,29H,2-14,19-24H2,1H3,(H2,34,36)(H,35,40);3,6-7,12-13,19-20,22H,2,4-5,8-11,14-18H2,1H3,(H2,27,30)(H2,28,29,33);11-12,14-15,19,21-22,28H,2-10,13,16-18H2,1H3,(H2,26,29);4-11H,1-3H3,(H2,19,20);3-10H,1-2H3,(H2,19,20)/t29-,33+;20-,22+,26+;21-,22+,25+;;/m000../s1. The number of methoxy groups -OCH3 is 1. The number of aliphatic imine (C=N–C) groups is 5. The summed E-state index contributed by atoms with van der Waals surface area (Å²) >= 11 is 6.05. The second-order valence-corrected chi connectivity index (χ2v) is 45.2. The molecule has 6 aliphatic heterocycles. The van der Waals surface area contributed by atoms with Crippen LogP contribution in [0.1, 0.15) is 305 Å². The summed E-state index contributed by atoms with van der Waals surface area (Å²) in [4.78, 5) is 127. The van der Waals surface area contributed by atoms with Crippen molar-refractivity contribution >= 4 is 88.7 Å². The van der Waals surface area contributed by atoms with E-state index >= 15 is 0 Å². The third-order valence-corrected chi connectivity index (χ3v) is 34.1. The molecule has 0 radical (unpaired) electrons. The number of ether oxygens (including phenoxy) is 1. The molecule has 1 aromatic heterocycles. The van der Waals surface area contributed by atoms with Crippen LogP contribution >= 0.6 is 11.6 Å². The number of rotatable bonds is 32. The Bertz CT molecular complexity index is 5860. The number of urea groups is 2. The average Bonchev–Trinajstić information content (AvgIpc) is 1.63. The number of anilines is 1. The first kappa shape index (κ1) is 111. The Balaban J connectivity index is 0.000000142. The lowest BCUT2D eigenvalue weighted by molar-refractivity contribution is -0.133. The van der Waals surface area contributed by atoms with Gasteiger partial charge in [-0.1, -0.05) is 289 Å². The van der Waals surface area contributed by atoms with Crippen molar-refractivity contribution in [2.45, 2.75) is 343 Å². The highest BCUT2D eigenvalue weighted by Crippen LogP contribution is 2.47. The molecule has 0 bridgehead atoms. The molecule has 12 aliphatic rings. The third-order valence-electron chi connectivity index (χ3n) is 33.9. The van der Waals surface area contributed by atoms with E-state index in [1.165, 1.54) is 168 Å². The minimum atomic E-state index is -0.979. The van der Waals surface area contributed by atoms with Gasteiger partial charge in [0.05, 0.1) is 13.7 Å². The lowest BCUT2D eigenvalue weighted by atomic mass is 9.74. The molecule has 6 saturated carbocycles. The van der Waals surface area contributed by atoms with Crippen LogP contribution in [0.4, 0.5) is 15.3 Å². The molecule has 6 aromatic carbocycles. The summed E-state index contributed by atoms with van der Waals surface area (Å²) in [7, 11) is 8.43. The third kappa shape index (κ3) is 28.3. The molecule has 0 spiro atoms. The molecule has 7 heterocycles. The van der Waals surface area contributed by atoms with Crippen LogP contribution in [-0.4, -0.2) is 182 Å². The number of aromatic nitrogens is 1. The van der Waals surface area contributed by atoms with Gasteiger partial charge in [-0.2, -0.15) is 0 Å². The first-order valence-corrected chi connectivity index (χ1v) is 55.9. The van der Waals surface area contributed by atoms with E-state index in [2.05, 4.69) is 79.6 Å². The van der Waals surface area contributed by atoms with E-state index in [-0.39, 0.29) is 65.6 Å². The number of pyridine rings is 1. The fourth-order valence-corrected chi connectivity index (χ4v) is 25.2. The molecule has 10 atom stereocenters. The SMILES string of the molecule is CCCC[C@H]1CN(Cc2ccc(CN3C(=O)[C@@](CCC4CCCCC4)(CC4CCCCC4)N=C3N)cc2)C(=O)N1.CN1C(=O)C(C)(c2cccc(-c3cccc(Cl)c3)c2)N=C1N.CN1C(=O)[C@@](CCC2CCCCC2)(C[C@H]2CCC[C@@H](NC(=O)Nc3ccccc3)C2)N=C1N.CN1C(=O)[C@@](CCC2CCCCC2)(C[C@H]2CCC[C@@H](NCc3ccncc3)C2)N=C1N.COc1cccc(-c2cccc(C3(C)N=C(N)N(C)C3=O)c2)c1. The van der Waals surface area contributed by atoms with Gasteiger partial charge in [0.2, 0.25) is 0 Å². The number of halogens is 1. The largest absolute Gasteiger partial charge is 0.497 e. The normalized spacial score (nSPS) is 25.9. The summed E-state index contributed by atoms with van der Waals surface area (Å²) < 4.78 is 5.27. The Morgan fingerprint density at radius 2 is 0.852 bits per heavy atom. The van der Waals surface area contributed by atoms with E-state index < -0.39 is 27.7 Å². The van der Waals surface area contributed by atoms with Gasteiger partial charge in [0.1, 0.15) is 22.4 Å². The lowest BCUT2D eigenvalue weighted by Crippen LogP contribution is -2.45. The zero-order chi connectivity index (χ0) is 105. The van der Waals surface area contributed by atoms with E-state index in [1.807, 2.05) is 145 Å². The number of carbonyl (C=O) groups excluding carboxylic acids is 7. The highest BCUT2D eigenvalue weighted by Gasteiger charge is 2.53. The molecule has 149 heavy (non-hydrogen) atoms. The van der Waals surface area contributed by atoms with Crippen molar-refractivity contribution in [2.24, 2.45) is 89.1 Å². The van der Waals surface area contributed by atoms with Gasteiger partial charge >= 0.3 is 12.1 Å². The van der Waals surface area contributed by atoms with Crippen LogP contribution in [0.25, 0.3) is 22.3 Å². The second kappa shape index (κ2) is 51.5. The number of unbranched alkanes of at least 4 members (excludes halogenated alkanes) is 1. The maximum absolute atomic E-state index is 14.1. The molecular weight excluding hydrogens is 1890 g/mol. The quantitative estimate of drug-likeness (QED) is 0.0189. The second-order valence-electron chi connectivity index (χ2n) is 44.7. The maximum Gasteiger partial charge on any atom is 0.319 e. The van der Waals surface area contributed by atoms with Crippen LogP contribution in [0.15, 0.2) is 201 Å². The highest BCUT2D eigenvalue weighted by molar-refractivity contribution is 6.30. The topological polar surface area (TPSA) is 401 Å². The van der Waals surface area contributed by atoms with Gasteiger partial charge in [-0.25, -0.2) is 34.6 Å². The van der Waals surface area contributed by atoms with Crippen molar-refractivity contribution < 1.29 is 38.3 Å². The van der Waals surface area contributed by atoms with E-state index in [0.717, 1.165) is 190 Å². The number of benzene rings is 6. The lowest BCUT2D eigenvalue weighted by Gasteiger charge is -2.35. The van der Waals surface area contributed by atoms with Gasteiger partial charge in [-0.05, 0) is 250 Å². The van der Waals surface area contributed by atoms with E-state index in [4.69, 9.17) is 60.0 Å². The van der Waals surface area contributed by atoms with E-state index in [0.29, 0.717) is 65.7 Å². The summed E-state index contributed by atoms with van der Waals surface area (Å²) in [6.07, 6.45) is 49.8. The number of nitrogens with one attached hydrogen (secondary N) is 4. The Morgan fingerprint density at radius 1 is 0.430 bits per heavy atom. The molecule has 7 fully saturated rings. The van der Waals surface area contributed by atoms with Crippen LogP contribution in [0.5, 0.6) is 5.75 Å². The number of nitrogens with two attached hydrogens (primary N) is 5. The Morgan fingerprint density at radius 3 is 1.32 bits per heavy atom. The van der Waals surface area contributed by atoms with Gasteiger partial charge in [-0.15, -0.1) is 0 Å². The first-order chi connectivity index (χ1) is 71.8. The molecule has 14 N–H and O–H groups in total. The van der Waals surface area contributed by atoms with Crippen molar-refractivity contribution in [3.8, 4) is 28.0 Å². The molecule has 19 rings (SSSR count). The molecule has 29 nitrogen and oxygen atoms in total. The number of hydrogen-bond acceptors (Lipinski definition) is 20. The predicted octanol–water partition coefficient (Wildman–Crippen LogP) is 20.5. The molecular formula is C119H164ClN21O8. The van der Waals surface area contributed by atoms with Crippen LogP contribution < -0.4 is 54.7 Å². The van der Waals surface area contributed by atoms with Crippen LogP contribution in [-0.2, 0) is 54.7 Å². The Kier molecular flexibility index (Phi) is 38.3. The summed E-state index contributed by atoms with van der Waals surface area (Å²) in [6, 6.07) is 53.6. The Labute approximate surface area is 888 Å². The Hall–Kier alpha value is -12.2. The number of nitrogens with zero attached hydrogens (tertiary/aromatic N) is 12. The molecule has 9 amide bonds. The highest BCUT2D eigenvalue weighted by atomic mass is 35.5. The van der Waals surface area contributed by atoms with Crippen LogP contribution in [0.2, 0.25) is 5.02 Å². The van der Waals surface area contributed by atoms with Gasteiger partial charge < -0.3 is 59.6 Å². The monoisotopic (exact) mass is 2050 g/mol. The van der Waals surface area contributed by atoms with Crippen molar-refractivity contribution in [1.29, 1.82) is 0 Å². The smallest absolute Gasteiger partial charge is 0.319 e. The van der Waals surface area contributed by atoms with Crippen molar-refractivity contribution in [2.75, 3.05) is 47.2 Å². The molecule has 6 aliphatic carbocycles. The number of guanidine groups is 5. The first-order valence-electron chi connectivity index (χ1n) is 55.5. The van der Waals surface area contributed by atoms with Crippen LogP contribution in [0.3, 0.4) is 0 Å². The minimum Gasteiger partial charge on any atom is -0.497 e. The van der Waals surface area contributed by atoms with E-state index in [9.17, 15) is 33.6 Å². The minimum absolute atomic E-state index is 0.0272. The van der Waals surface area contributed by atoms with Gasteiger partial charge in [0.15, 0.2) is 40.9 Å². The number of carbonyl (C=O) groups is 7. The number of para-hydroxylation sites is 1. The summed E-state index contributed by atoms with van der Waals surface area (Å²) in [6.45, 7) is 8.44. The average molecular weight is 2050 g/mol. The molecule has 2 unspecified atom stereocenters. The predicted molar refractivity (Wildman–Crippen MR) is 596 cm³/mol. The fourth-order valence-electron chi connectivity index (χ4n) is 25.0. The van der Waals surface area contributed by atoms with E-state index in [1.54, 1.807) is 58.9 Å². The van der Waals surface area contributed by atoms with Crippen LogP contribution in [0, 0.1) is 35.5 Å². The molecule has 30 heteroatoms.